The van der Waals surface area contributed by atoms with Gasteiger partial charge in [0.05, 0.1) is 18.2 Å². The number of hydrogen-bond donors (Lipinski definition) is 3. The molecule has 3 saturated carbocycles. The minimum Gasteiger partial charge on any atom is -0.406 e. The molecule has 1 aromatic rings. The molecule has 3 N–H and O–H groups in total. The Kier molecular flexibility index (Phi) is 7.77. The summed E-state index contributed by atoms with van der Waals surface area (Å²) in [6, 6.07) is 5.09. The fraction of sp³-hybridized carbons (Fsp3) is 0.656. The molecule has 0 bridgehead atoms. The number of urea groups is 1. The van der Waals surface area contributed by atoms with E-state index in [1.54, 1.807) is 4.90 Å². The van der Waals surface area contributed by atoms with Crippen LogP contribution in [0.4, 0.5) is 18.0 Å². The minimum absolute atomic E-state index is 0.0382. The Morgan fingerprint density at radius 2 is 1.76 bits per heavy atom. The van der Waals surface area contributed by atoms with Crippen LogP contribution in [0.15, 0.2) is 47.6 Å². The fourth-order valence-electron chi connectivity index (χ4n) is 8.22. The fourth-order valence-corrected chi connectivity index (χ4v) is 8.22. The highest BCUT2D eigenvalue weighted by Crippen LogP contribution is 2.66. The van der Waals surface area contributed by atoms with Gasteiger partial charge in [0.25, 0.3) is 0 Å². The first kappa shape index (κ1) is 30.0. The number of aliphatic hydroxyl groups is 2. The highest BCUT2D eigenvalue weighted by molar-refractivity contribution is 5.74. The van der Waals surface area contributed by atoms with E-state index in [0.29, 0.717) is 17.9 Å². The summed E-state index contributed by atoms with van der Waals surface area (Å²) in [5.74, 6) is 0.273. The van der Waals surface area contributed by atoms with Crippen LogP contribution in [-0.4, -0.2) is 51.8 Å². The Bertz CT molecular complexity index is 1210. The van der Waals surface area contributed by atoms with Crippen molar-refractivity contribution in [2.24, 2.45) is 22.7 Å². The number of benzene rings is 1. The third-order valence-corrected chi connectivity index (χ3v) is 10.6. The highest BCUT2D eigenvalue weighted by Gasteiger charge is 2.62. The largest absolute Gasteiger partial charge is 0.573 e. The molecule has 226 valence electrons. The predicted molar refractivity (Wildman–Crippen MR) is 150 cm³/mol. The zero-order valence-corrected chi connectivity index (χ0v) is 24.4. The maximum atomic E-state index is 13.4. The van der Waals surface area contributed by atoms with Gasteiger partial charge >= 0.3 is 12.4 Å². The Labute approximate surface area is 240 Å². The monoisotopic (exact) mass is 576 g/mol. The lowest BCUT2D eigenvalue weighted by atomic mass is 9.50. The number of aliphatic hydroxyl groups excluding tert-OH is 1. The molecule has 6 nitrogen and oxygen atoms in total. The van der Waals surface area contributed by atoms with Crippen molar-refractivity contribution in [3.8, 4) is 5.75 Å². The molecule has 4 aliphatic carbocycles. The normalized spacial score (nSPS) is 34.6. The third-order valence-electron chi connectivity index (χ3n) is 10.6. The van der Waals surface area contributed by atoms with Crippen molar-refractivity contribution in [2.75, 3.05) is 6.54 Å². The van der Waals surface area contributed by atoms with Crippen molar-refractivity contribution in [3.63, 3.8) is 0 Å². The second-order valence-corrected chi connectivity index (χ2v) is 13.5. The number of carbonyl (C=O) groups excluding carboxylic acids is 1. The number of alkyl halides is 3. The lowest BCUT2D eigenvalue weighted by Crippen LogP contribution is -2.57. The van der Waals surface area contributed by atoms with Gasteiger partial charge in [0, 0.05) is 18.0 Å². The van der Waals surface area contributed by atoms with Crippen molar-refractivity contribution < 1.29 is 32.9 Å². The van der Waals surface area contributed by atoms with Gasteiger partial charge in [-0.2, -0.15) is 0 Å². The topological polar surface area (TPSA) is 82.0 Å². The number of nitrogens with one attached hydrogen (secondary N) is 1. The lowest BCUT2D eigenvalue weighted by Gasteiger charge is -2.56. The number of carbonyl (C=O) groups is 1. The zero-order chi connectivity index (χ0) is 29.8. The maximum Gasteiger partial charge on any atom is 0.573 e. The first-order valence-corrected chi connectivity index (χ1v) is 14.9. The van der Waals surface area contributed by atoms with Crippen molar-refractivity contribution in [1.82, 2.24) is 10.2 Å². The Morgan fingerprint density at radius 1 is 1.07 bits per heavy atom. The van der Waals surface area contributed by atoms with Gasteiger partial charge in [0.1, 0.15) is 5.75 Å². The molecule has 3 fully saturated rings. The van der Waals surface area contributed by atoms with Gasteiger partial charge in [0.2, 0.25) is 0 Å². The van der Waals surface area contributed by atoms with Crippen molar-refractivity contribution in [3.05, 3.63) is 53.1 Å². The van der Waals surface area contributed by atoms with E-state index >= 15 is 0 Å². The van der Waals surface area contributed by atoms with Crippen molar-refractivity contribution in [2.45, 2.75) is 103 Å². The predicted octanol–water partition coefficient (Wildman–Crippen LogP) is 6.48. The Morgan fingerprint density at radius 3 is 2.41 bits per heavy atom. The first-order chi connectivity index (χ1) is 19.1. The first-order valence-electron chi connectivity index (χ1n) is 14.9. The average molecular weight is 577 g/mol. The van der Waals surface area contributed by atoms with Crippen LogP contribution in [0.1, 0.15) is 78.2 Å². The van der Waals surface area contributed by atoms with Crippen LogP contribution >= 0.6 is 0 Å². The summed E-state index contributed by atoms with van der Waals surface area (Å²) in [5, 5.41) is 25.5. The zero-order valence-electron chi connectivity index (χ0n) is 24.4. The van der Waals surface area contributed by atoms with Crippen LogP contribution in [0.3, 0.4) is 0 Å². The summed E-state index contributed by atoms with van der Waals surface area (Å²) >= 11 is 0. The molecule has 0 unspecified atom stereocenters. The van der Waals surface area contributed by atoms with Crippen LogP contribution in [-0.2, 0) is 6.54 Å². The molecule has 0 spiro atoms. The minimum atomic E-state index is -4.78. The molecule has 9 heteroatoms. The number of ether oxygens (including phenoxy) is 1. The van der Waals surface area contributed by atoms with Gasteiger partial charge < -0.3 is 25.2 Å². The number of amides is 2. The van der Waals surface area contributed by atoms with Crippen LogP contribution in [0.25, 0.3) is 0 Å². The van der Waals surface area contributed by atoms with Gasteiger partial charge in [-0.3, -0.25) is 0 Å². The van der Waals surface area contributed by atoms with Gasteiger partial charge in [-0.15, -0.1) is 13.2 Å². The molecule has 1 aromatic carbocycles. The van der Waals surface area contributed by atoms with E-state index in [-0.39, 0.29) is 48.3 Å². The molecule has 0 heterocycles. The van der Waals surface area contributed by atoms with E-state index in [1.807, 2.05) is 13.8 Å². The van der Waals surface area contributed by atoms with Gasteiger partial charge in [-0.25, -0.2) is 4.79 Å². The molecular weight excluding hydrogens is 533 g/mol. The average Bonchev–Trinajstić information content (AvgIpc) is 3.14. The molecule has 0 saturated heterocycles. The summed E-state index contributed by atoms with van der Waals surface area (Å²) < 4.78 is 41.8. The van der Waals surface area contributed by atoms with Crippen molar-refractivity contribution >= 4 is 6.03 Å². The third kappa shape index (κ3) is 5.64. The number of rotatable bonds is 6. The summed E-state index contributed by atoms with van der Waals surface area (Å²) in [6.45, 7) is 8.51. The van der Waals surface area contributed by atoms with E-state index < -0.39 is 17.4 Å². The maximum absolute atomic E-state index is 13.4. The summed E-state index contributed by atoms with van der Waals surface area (Å²) in [5.41, 5.74) is 1.87. The summed E-state index contributed by atoms with van der Waals surface area (Å²) in [7, 11) is 0. The molecule has 41 heavy (non-hydrogen) atoms. The second-order valence-electron chi connectivity index (χ2n) is 13.5. The van der Waals surface area contributed by atoms with Crippen LogP contribution in [0.5, 0.6) is 5.75 Å². The van der Waals surface area contributed by atoms with Crippen LogP contribution < -0.4 is 10.1 Å². The number of halogens is 3. The van der Waals surface area contributed by atoms with Gasteiger partial charge in [0.15, 0.2) is 0 Å². The Hall–Kier alpha value is -2.52. The van der Waals surface area contributed by atoms with Gasteiger partial charge in [-0.1, -0.05) is 49.3 Å². The molecule has 6 atom stereocenters. The SMILES string of the molecule is CC(C)NC(=O)N(Cc1ccc(OC(F)(F)F)cc1)C[C@]1(O)CC[C@H]2C3=CC=C4C[C@@H](O)CC[C@]4(C)[C@H]3CC[C@@]21C. The van der Waals surface area contributed by atoms with E-state index in [2.05, 4.69) is 36.1 Å². The second kappa shape index (κ2) is 10.6. The smallest absolute Gasteiger partial charge is 0.406 e. The highest BCUT2D eigenvalue weighted by atomic mass is 19.4. The van der Waals surface area contributed by atoms with E-state index in [9.17, 15) is 28.2 Å². The number of hydrogen-bond acceptors (Lipinski definition) is 4. The lowest BCUT2D eigenvalue weighted by molar-refractivity contribution is -0.274. The summed E-state index contributed by atoms with van der Waals surface area (Å²) in [6.07, 6.45) is 5.11. The van der Waals surface area contributed by atoms with Gasteiger partial charge in [-0.05, 0) is 93.7 Å². The molecule has 5 rings (SSSR count). The summed E-state index contributed by atoms with van der Waals surface area (Å²) in [4.78, 5) is 14.9. The molecule has 0 aliphatic heterocycles. The molecule has 4 aliphatic rings. The Balaban J connectivity index is 1.38. The van der Waals surface area contributed by atoms with E-state index in [1.165, 1.54) is 35.4 Å². The van der Waals surface area contributed by atoms with Crippen LogP contribution in [0.2, 0.25) is 0 Å². The molecule has 0 radical (unpaired) electrons. The molecule has 2 amide bonds. The van der Waals surface area contributed by atoms with E-state index in [0.717, 1.165) is 38.5 Å². The number of allylic oxidation sites excluding steroid dienone is 3. The molecule has 0 aromatic heterocycles. The standard InChI is InChI=1S/C32H43F3N2O4/c1-20(2)36-28(39)37(18-21-5-8-24(9-6-21)41-32(33,34)35)19-31(40)16-13-27-25-10-7-22-17-23(38)11-14-29(22,3)26(25)12-15-30(27,31)4/h5-10,20,23,26-27,38,40H,11-19H2,1-4H3,(H,36,39)/t23-,26-,27-,29-,30-,31+/m0/s1. The number of fused-ring (bicyclic) bond motifs is 5. The van der Waals surface area contributed by atoms with Crippen molar-refractivity contribution in [1.29, 1.82) is 0 Å². The molecular formula is C32H43F3N2O4. The number of nitrogens with zero attached hydrogens (tertiary/aromatic N) is 1. The van der Waals surface area contributed by atoms with Crippen LogP contribution in [0, 0.1) is 22.7 Å². The quantitative estimate of drug-likeness (QED) is 0.362. The van der Waals surface area contributed by atoms with E-state index in [4.69, 9.17) is 0 Å².